The fourth-order valence-electron chi connectivity index (χ4n) is 3.12. The van der Waals surface area contributed by atoms with Crippen LogP contribution in [0, 0.1) is 5.41 Å². The molecule has 8 nitrogen and oxygen atoms in total. The molecule has 0 spiro atoms. The van der Waals surface area contributed by atoms with Crippen molar-refractivity contribution >= 4 is 22.1 Å². The quantitative estimate of drug-likeness (QED) is 0.808. The van der Waals surface area contributed by atoms with Crippen molar-refractivity contribution in [2.75, 3.05) is 7.11 Å². The highest BCUT2D eigenvalue weighted by atomic mass is 32.2. The Balaban J connectivity index is 2.58. The molecule has 1 fully saturated rings. The van der Waals surface area contributed by atoms with Crippen molar-refractivity contribution in [1.82, 2.24) is 9.21 Å². The average molecular weight is 372 g/mol. The van der Waals surface area contributed by atoms with Crippen LogP contribution in [0.2, 0.25) is 0 Å². The van der Waals surface area contributed by atoms with E-state index in [2.05, 4.69) is 4.74 Å². The smallest absolute Gasteiger partial charge is 0.481 e. The van der Waals surface area contributed by atoms with Crippen molar-refractivity contribution in [3.63, 3.8) is 0 Å². The predicted molar refractivity (Wildman–Crippen MR) is 72.5 cm³/mol. The molecule has 0 saturated heterocycles. The van der Waals surface area contributed by atoms with E-state index in [9.17, 15) is 36.3 Å². The third-order valence-electron chi connectivity index (χ3n) is 4.25. The molecule has 1 heterocycles. The number of ether oxygens (including phenoxy) is 1. The number of sulfonamides is 1. The fourth-order valence-corrected chi connectivity index (χ4v) is 4.14. The summed E-state index contributed by atoms with van der Waals surface area (Å²) in [4.78, 5) is 24.2. The zero-order chi connectivity index (χ0) is 18.3. The van der Waals surface area contributed by atoms with Gasteiger partial charge in [-0.1, -0.05) is 12.8 Å². The van der Waals surface area contributed by atoms with Gasteiger partial charge in [0.15, 0.2) is 0 Å². The van der Waals surface area contributed by atoms with E-state index in [-0.39, 0.29) is 17.1 Å². The summed E-state index contributed by atoms with van der Waals surface area (Å²) in [6, 6.07) is 0. The van der Waals surface area contributed by atoms with E-state index in [1.165, 1.54) is 0 Å². The lowest BCUT2D eigenvalue weighted by atomic mass is 9.82. The van der Waals surface area contributed by atoms with E-state index in [1.807, 2.05) is 0 Å². The molecule has 2 rings (SSSR count). The van der Waals surface area contributed by atoms with Gasteiger partial charge in [0.25, 0.3) is 0 Å². The van der Waals surface area contributed by atoms with Crippen LogP contribution in [0.5, 0.6) is 0 Å². The SMILES string of the molecule is COC(=O)N1C=CN(S(=O)(=O)C(F)(F)F)C1C1(C(=O)O)CCCC1. The Labute approximate surface area is 135 Å². The maximum absolute atomic E-state index is 12.9. The van der Waals surface area contributed by atoms with Crippen LogP contribution in [-0.2, 0) is 19.6 Å². The van der Waals surface area contributed by atoms with Crippen LogP contribution in [0.3, 0.4) is 0 Å². The number of carboxylic acid groups (broad SMARTS) is 1. The van der Waals surface area contributed by atoms with E-state index in [1.54, 1.807) is 0 Å². The first-order chi connectivity index (χ1) is 11.0. The number of hydrogen-bond acceptors (Lipinski definition) is 5. The highest BCUT2D eigenvalue weighted by molar-refractivity contribution is 7.90. The number of hydrogen-bond donors (Lipinski definition) is 1. The lowest BCUT2D eigenvalue weighted by molar-refractivity contribution is -0.154. The topological polar surface area (TPSA) is 104 Å². The second-order valence-corrected chi connectivity index (χ2v) is 7.33. The minimum Gasteiger partial charge on any atom is -0.481 e. The van der Waals surface area contributed by atoms with Gasteiger partial charge >= 0.3 is 27.6 Å². The summed E-state index contributed by atoms with van der Waals surface area (Å²) in [6.45, 7) is 0. The number of nitrogens with zero attached hydrogens (tertiary/aromatic N) is 2. The number of rotatable bonds is 3. The molecule has 1 atom stereocenters. The molecule has 1 aliphatic carbocycles. The molecular weight excluding hydrogens is 357 g/mol. The number of carbonyl (C=O) groups is 2. The summed E-state index contributed by atoms with van der Waals surface area (Å²) >= 11 is 0. The van der Waals surface area contributed by atoms with Gasteiger partial charge in [-0.25, -0.2) is 9.10 Å². The first-order valence-electron chi connectivity index (χ1n) is 6.87. The summed E-state index contributed by atoms with van der Waals surface area (Å²) in [6.07, 6.45) is -1.07. The number of carboxylic acids is 1. The van der Waals surface area contributed by atoms with Crippen molar-refractivity contribution in [3.8, 4) is 0 Å². The Hall–Kier alpha value is -1.98. The third kappa shape index (κ3) is 2.58. The van der Waals surface area contributed by atoms with E-state index in [4.69, 9.17) is 0 Å². The normalized spacial score (nSPS) is 23.6. The van der Waals surface area contributed by atoms with Gasteiger partial charge in [-0.2, -0.15) is 21.6 Å². The van der Waals surface area contributed by atoms with Gasteiger partial charge in [0, 0.05) is 12.4 Å². The molecule has 24 heavy (non-hydrogen) atoms. The number of methoxy groups -OCH3 is 1. The van der Waals surface area contributed by atoms with E-state index >= 15 is 0 Å². The van der Waals surface area contributed by atoms with Crippen molar-refractivity contribution in [1.29, 1.82) is 0 Å². The number of halogens is 3. The highest BCUT2D eigenvalue weighted by Crippen LogP contribution is 2.48. The zero-order valence-corrected chi connectivity index (χ0v) is 13.3. The highest BCUT2D eigenvalue weighted by Gasteiger charge is 2.62. The summed E-state index contributed by atoms with van der Waals surface area (Å²) < 4.78 is 66.8. The van der Waals surface area contributed by atoms with E-state index < -0.39 is 39.2 Å². The van der Waals surface area contributed by atoms with Gasteiger partial charge in [0.05, 0.1) is 7.11 Å². The number of carbonyl (C=O) groups excluding carboxylic acids is 1. The summed E-state index contributed by atoms with van der Waals surface area (Å²) in [5, 5.41) is 9.57. The zero-order valence-electron chi connectivity index (χ0n) is 12.5. The first kappa shape index (κ1) is 18.4. The van der Waals surface area contributed by atoms with Crippen molar-refractivity contribution in [2.45, 2.75) is 37.4 Å². The van der Waals surface area contributed by atoms with Gasteiger partial charge in [-0.3, -0.25) is 9.69 Å². The van der Waals surface area contributed by atoms with Crippen LogP contribution in [-0.4, -0.2) is 53.6 Å². The molecule has 1 unspecified atom stereocenters. The van der Waals surface area contributed by atoms with Crippen LogP contribution >= 0.6 is 0 Å². The monoisotopic (exact) mass is 372 g/mol. The molecule has 136 valence electrons. The van der Waals surface area contributed by atoms with E-state index in [0.717, 1.165) is 13.3 Å². The molecule has 1 aliphatic heterocycles. The van der Waals surface area contributed by atoms with Gasteiger partial charge in [0.2, 0.25) is 0 Å². The summed E-state index contributed by atoms with van der Waals surface area (Å²) in [5.74, 6) is -1.47. The Morgan fingerprint density at radius 3 is 2.21 bits per heavy atom. The molecular formula is C12H15F3N2O6S. The fraction of sp³-hybridized carbons (Fsp3) is 0.667. The number of amides is 1. The Kier molecular flexibility index (Phi) is 4.46. The van der Waals surface area contributed by atoms with Crippen molar-refractivity contribution in [3.05, 3.63) is 12.4 Å². The second-order valence-electron chi connectivity index (χ2n) is 5.50. The molecule has 0 bridgehead atoms. The van der Waals surface area contributed by atoms with Crippen LogP contribution < -0.4 is 0 Å². The molecule has 0 aromatic rings. The molecule has 2 aliphatic rings. The molecule has 1 amide bonds. The predicted octanol–water partition coefficient (Wildman–Crippen LogP) is 1.66. The number of alkyl halides is 3. The van der Waals surface area contributed by atoms with E-state index in [0.29, 0.717) is 23.9 Å². The Bertz CT molecular complexity index is 669. The lowest BCUT2D eigenvalue weighted by Gasteiger charge is -2.40. The molecule has 12 heteroatoms. The Morgan fingerprint density at radius 2 is 1.79 bits per heavy atom. The van der Waals surface area contributed by atoms with Crippen molar-refractivity contribution in [2.24, 2.45) is 5.41 Å². The van der Waals surface area contributed by atoms with Gasteiger partial charge < -0.3 is 9.84 Å². The summed E-state index contributed by atoms with van der Waals surface area (Å²) in [7, 11) is -4.92. The second kappa shape index (κ2) is 5.83. The van der Waals surface area contributed by atoms with Crippen molar-refractivity contribution < 1.29 is 41.0 Å². The Morgan fingerprint density at radius 1 is 1.25 bits per heavy atom. The minimum atomic E-state index is -5.88. The average Bonchev–Trinajstić information content (AvgIpc) is 3.12. The van der Waals surface area contributed by atoms with Gasteiger partial charge in [-0.15, -0.1) is 0 Å². The third-order valence-corrected chi connectivity index (χ3v) is 5.71. The standard InChI is InChI=1S/C12H15F3N2O6S/c1-23-10(20)16-6-7-17(24(21,22)12(13,14)15)8(16)11(9(18)19)4-2-3-5-11/h6-8H,2-5H2,1H3,(H,18,19). The molecule has 1 saturated carbocycles. The molecule has 0 aromatic heterocycles. The lowest BCUT2D eigenvalue weighted by Crippen LogP contribution is -2.58. The van der Waals surface area contributed by atoms with Crippen LogP contribution in [0.4, 0.5) is 18.0 Å². The molecule has 0 aromatic carbocycles. The van der Waals surface area contributed by atoms with Crippen LogP contribution in [0.25, 0.3) is 0 Å². The summed E-state index contributed by atoms with van der Waals surface area (Å²) in [5.41, 5.74) is -7.49. The largest absolute Gasteiger partial charge is 0.516 e. The van der Waals surface area contributed by atoms with Gasteiger partial charge in [-0.05, 0) is 12.8 Å². The molecule has 0 radical (unpaired) electrons. The first-order valence-corrected chi connectivity index (χ1v) is 8.31. The van der Waals surface area contributed by atoms with Crippen LogP contribution in [0.15, 0.2) is 12.4 Å². The number of aliphatic carboxylic acids is 1. The van der Waals surface area contributed by atoms with Crippen LogP contribution in [0.1, 0.15) is 25.7 Å². The molecule has 1 N–H and O–H groups in total. The minimum absolute atomic E-state index is 0.0634. The maximum atomic E-state index is 12.9. The maximum Gasteiger partial charge on any atom is 0.516 e. The van der Waals surface area contributed by atoms with Gasteiger partial charge in [0.1, 0.15) is 11.6 Å².